The van der Waals surface area contributed by atoms with E-state index >= 15 is 0 Å². The maximum Gasteiger partial charge on any atom is 0.244 e. The van der Waals surface area contributed by atoms with Gasteiger partial charge in [-0.15, -0.1) is 0 Å². The van der Waals surface area contributed by atoms with Crippen molar-refractivity contribution in [3.63, 3.8) is 0 Å². The Kier molecular flexibility index (Phi) is 7.33. The molecule has 0 saturated heterocycles. The van der Waals surface area contributed by atoms with Crippen LogP contribution in [0.2, 0.25) is 0 Å². The molecule has 21 heavy (non-hydrogen) atoms. The minimum atomic E-state index is -3.45. The van der Waals surface area contributed by atoms with Gasteiger partial charge in [-0.1, -0.05) is 33.8 Å². The highest BCUT2D eigenvalue weighted by Gasteiger charge is 2.25. The monoisotopic (exact) mass is 376 g/mol. The van der Waals surface area contributed by atoms with Crippen molar-refractivity contribution in [2.75, 3.05) is 19.6 Å². The summed E-state index contributed by atoms with van der Waals surface area (Å²) >= 11 is 3.40. The van der Waals surface area contributed by atoms with E-state index in [9.17, 15) is 8.42 Å². The van der Waals surface area contributed by atoms with Gasteiger partial charge in [0.05, 0.1) is 4.90 Å². The molecule has 0 fully saturated rings. The molecule has 0 saturated carbocycles. The average Bonchev–Trinajstić information content (AvgIpc) is 2.41. The summed E-state index contributed by atoms with van der Waals surface area (Å²) in [6, 6.07) is 5.43. The average molecular weight is 377 g/mol. The number of sulfonamides is 1. The minimum absolute atomic E-state index is 0.298. The van der Waals surface area contributed by atoms with Gasteiger partial charge in [-0.2, -0.15) is 4.31 Å². The number of rotatable bonds is 8. The molecule has 1 aromatic carbocycles. The molecule has 0 aliphatic rings. The van der Waals surface area contributed by atoms with Gasteiger partial charge in [0.15, 0.2) is 0 Å². The molecule has 1 aromatic rings. The highest BCUT2D eigenvalue weighted by molar-refractivity contribution is 9.10. The van der Waals surface area contributed by atoms with Gasteiger partial charge in [0, 0.05) is 24.1 Å². The predicted molar refractivity (Wildman–Crippen MR) is 90.8 cm³/mol. The van der Waals surface area contributed by atoms with Gasteiger partial charge in [-0.25, -0.2) is 8.42 Å². The standard InChI is InChI=1S/C15H25BrN2O2S/c1-5-17-10-13-7-8-15(14(16)9-13)21(19,20)18(6-2)11-12(3)4/h7-9,12,17H,5-6,10-11H2,1-4H3. The first-order chi connectivity index (χ1) is 9.82. The predicted octanol–water partition coefficient (Wildman–Crippen LogP) is 3.23. The van der Waals surface area contributed by atoms with Gasteiger partial charge in [-0.3, -0.25) is 0 Å². The molecule has 0 amide bonds. The van der Waals surface area contributed by atoms with Crippen molar-refractivity contribution in [1.82, 2.24) is 9.62 Å². The molecule has 120 valence electrons. The molecule has 0 aromatic heterocycles. The second-order valence-corrected chi connectivity index (χ2v) is 8.16. The summed E-state index contributed by atoms with van der Waals surface area (Å²) in [5, 5.41) is 3.23. The number of halogens is 1. The Morgan fingerprint density at radius 3 is 2.43 bits per heavy atom. The number of hydrogen-bond donors (Lipinski definition) is 1. The normalized spacial score (nSPS) is 12.3. The quantitative estimate of drug-likeness (QED) is 0.757. The zero-order valence-electron chi connectivity index (χ0n) is 13.2. The molecule has 4 nitrogen and oxygen atoms in total. The van der Waals surface area contributed by atoms with Crippen molar-refractivity contribution >= 4 is 26.0 Å². The van der Waals surface area contributed by atoms with Crippen LogP contribution in [0, 0.1) is 5.92 Å². The van der Waals surface area contributed by atoms with Crippen LogP contribution in [0.4, 0.5) is 0 Å². The summed E-state index contributed by atoms with van der Waals surface area (Å²) in [6.07, 6.45) is 0. The van der Waals surface area contributed by atoms with Crippen LogP contribution >= 0.6 is 15.9 Å². The third-order valence-corrected chi connectivity index (χ3v) is 6.03. The summed E-state index contributed by atoms with van der Waals surface area (Å²) in [7, 11) is -3.45. The topological polar surface area (TPSA) is 49.4 Å². The lowest BCUT2D eigenvalue weighted by molar-refractivity contribution is 0.380. The van der Waals surface area contributed by atoms with Crippen molar-refractivity contribution in [3.8, 4) is 0 Å². The van der Waals surface area contributed by atoms with E-state index in [1.807, 2.05) is 39.8 Å². The molecule has 0 unspecified atom stereocenters. The van der Waals surface area contributed by atoms with Crippen LogP contribution in [0.25, 0.3) is 0 Å². The first-order valence-corrected chi connectivity index (χ1v) is 9.55. The van der Waals surface area contributed by atoms with Crippen molar-refractivity contribution < 1.29 is 8.42 Å². The van der Waals surface area contributed by atoms with E-state index in [1.165, 1.54) is 4.31 Å². The van der Waals surface area contributed by atoms with Crippen LogP contribution in [-0.2, 0) is 16.6 Å². The van der Waals surface area contributed by atoms with E-state index in [2.05, 4.69) is 21.2 Å². The van der Waals surface area contributed by atoms with Gasteiger partial charge < -0.3 is 5.32 Å². The van der Waals surface area contributed by atoms with E-state index in [0.717, 1.165) is 18.7 Å². The van der Waals surface area contributed by atoms with Crippen LogP contribution in [0.3, 0.4) is 0 Å². The first-order valence-electron chi connectivity index (χ1n) is 7.32. The molecule has 1 rings (SSSR count). The first kappa shape index (κ1) is 18.6. The fourth-order valence-electron chi connectivity index (χ4n) is 2.08. The van der Waals surface area contributed by atoms with Gasteiger partial charge in [-0.05, 0) is 46.1 Å². The zero-order valence-corrected chi connectivity index (χ0v) is 15.6. The summed E-state index contributed by atoms with van der Waals surface area (Å²) < 4.78 is 27.6. The van der Waals surface area contributed by atoms with Gasteiger partial charge in [0.1, 0.15) is 0 Å². The Balaban J connectivity index is 3.07. The molecule has 1 N–H and O–H groups in total. The van der Waals surface area contributed by atoms with E-state index in [4.69, 9.17) is 0 Å². The zero-order chi connectivity index (χ0) is 16.0. The van der Waals surface area contributed by atoms with E-state index < -0.39 is 10.0 Å². The van der Waals surface area contributed by atoms with Gasteiger partial charge >= 0.3 is 0 Å². The van der Waals surface area contributed by atoms with Crippen LogP contribution < -0.4 is 5.32 Å². The minimum Gasteiger partial charge on any atom is -0.313 e. The lowest BCUT2D eigenvalue weighted by atomic mass is 10.2. The summed E-state index contributed by atoms with van der Waals surface area (Å²) in [5.74, 6) is 0.298. The second kappa shape index (κ2) is 8.27. The third-order valence-electron chi connectivity index (χ3n) is 3.11. The number of nitrogens with one attached hydrogen (secondary N) is 1. The summed E-state index contributed by atoms with van der Waals surface area (Å²) in [6.45, 7) is 10.6. The lowest BCUT2D eigenvalue weighted by Crippen LogP contribution is -2.34. The maximum absolute atomic E-state index is 12.7. The van der Waals surface area contributed by atoms with Gasteiger partial charge in [0.2, 0.25) is 10.0 Å². The molecule has 0 atom stereocenters. The van der Waals surface area contributed by atoms with Crippen molar-refractivity contribution in [1.29, 1.82) is 0 Å². The Hall–Kier alpha value is -0.430. The Bertz CT molecular complexity index is 559. The van der Waals surface area contributed by atoms with E-state index in [-0.39, 0.29) is 0 Å². The Morgan fingerprint density at radius 2 is 1.95 bits per heavy atom. The molecule has 0 heterocycles. The van der Waals surface area contributed by atoms with E-state index in [0.29, 0.717) is 28.4 Å². The molecular formula is C15H25BrN2O2S. The molecule has 0 radical (unpaired) electrons. The van der Waals surface area contributed by atoms with Crippen LogP contribution in [0.5, 0.6) is 0 Å². The van der Waals surface area contributed by atoms with Crippen molar-refractivity contribution in [2.45, 2.75) is 39.1 Å². The fraction of sp³-hybridized carbons (Fsp3) is 0.600. The van der Waals surface area contributed by atoms with Crippen LogP contribution in [-0.4, -0.2) is 32.4 Å². The fourth-order valence-corrected chi connectivity index (χ4v) is 4.77. The molecule has 0 aliphatic carbocycles. The van der Waals surface area contributed by atoms with E-state index in [1.54, 1.807) is 6.07 Å². The van der Waals surface area contributed by atoms with Crippen molar-refractivity contribution in [2.24, 2.45) is 5.92 Å². The molecule has 0 aliphatic heterocycles. The smallest absolute Gasteiger partial charge is 0.244 e. The Labute approximate surface area is 137 Å². The van der Waals surface area contributed by atoms with Crippen molar-refractivity contribution in [3.05, 3.63) is 28.2 Å². The lowest BCUT2D eigenvalue weighted by Gasteiger charge is -2.23. The molecular weight excluding hydrogens is 352 g/mol. The molecule has 6 heteroatoms. The van der Waals surface area contributed by atoms with Crippen LogP contribution in [0.15, 0.2) is 27.6 Å². The second-order valence-electron chi connectivity index (χ2n) is 5.39. The highest BCUT2D eigenvalue weighted by Crippen LogP contribution is 2.26. The Morgan fingerprint density at radius 1 is 1.29 bits per heavy atom. The van der Waals surface area contributed by atoms with Crippen LogP contribution in [0.1, 0.15) is 33.3 Å². The third kappa shape index (κ3) is 5.06. The largest absolute Gasteiger partial charge is 0.313 e. The molecule has 0 bridgehead atoms. The summed E-state index contributed by atoms with van der Waals surface area (Å²) in [5.41, 5.74) is 1.06. The SMILES string of the molecule is CCNCc1ccc(S(=O)(=O)N(CC)CC(C)C)c(Br)c1. The summed E-state index contributed by atoms with van der Waals surface area (Å²) in [4.78, 5) is 0.338. The van der Waals surface area contributed by atoms with Gasteiger partial charge in [0.25, 0.3) is 0 Å². The number of hydrogen-bond acceptors (Lipinski definition) is 3. The number of benzene rings is 1. The number of nitrogens with zero attached hydrogens (tertiary/aromatic N) is 1. The maximum atomic E-state index is 12.7. The highest BCUT2D eigenvalue weighted by atomic mass is 79.9. The molecule has 0 spiro atoms.